The quantitative estimate of drug-likeness (QED) is 0.859. The fourth-order valence-corrected chi connectivity index (χ4v) is 2.02. The smallest absolute Gasteiger partial charge is 0.354 e. The van der Waals surface area contributed by atoms with E-state index in [1.54, 1.807) is 0 Å². The lowest BCUT2D eigenvalue weighted by Crippen LogP contribution is -2.09. The van der Waals surface area contributed by atoms with Crippen molar-refractivity contribution in [2.24, 2.45) is 0 Å². The first-order valence-electron chi connectivity index (χ1n) is 6.43. The highest BCUT2D eigenvalue weighted by Crippen LogP contribution is 2.20. The maximum atomic E-state index is 10.9. The number of benzene rings is 1. The Morgan fingerprint density at radius 2 is 2.10 bits per heavy atom. The van der Waals surface area contributed by atoms with Crippen molar-refractivity contribution in [1.82, 2.24) is 9.97 Å². The maximum Gasteiger partial charge on any atom is 0.354 e. The molecule has 0 radical (unpaired) electrons. The molecule has 1 aromatic heterocycles. The zero-order valence-corrected chi connectivity index (χ0v) is 12.5. The zero-order valence-electron chi connectivity index (χ0n) is 11.8. The number of rotatable bonds is 5. The molecule has 5 nitrogen and oxygen atoms in total. The van der Waals surface area contributed by atoms with E-state index in [9.17, 15) is 4.79 Å². The maximum absolute atomic E-state index is 10.9. The van der Waals surface area contributed by atoms with Crippen molar-refractivity contribution < 1.29 is 14.6 Å². The van der Waals surface area contributed by atoms with E-state index in [-0.39, 0.29) is 10.8 Å². The van der Waals surface area contributed by atoms with Crippen LogP contribution >= 0.6 is 11.6 Å². The lowest BCUT2D eigenvalue weighted by atomic mass is 10.1. The van der Waals surface area contributed by atoms with Gasteiger partial charge in [0.1, 0.15) is 16.7 Å². The van der Waals surface area contributed by atoms with E-state index in [1.807, 2.05) is 32.0 Å². The van der Waals surface area contributed by atoms with E-state index >= 15 is 0 Å². The second-order valence-corrected chi connectivity index (χ2v) is 4.98. The molecule has 0 aliphatic heterocycles. The third-order valence-electron chi connectivity index (χ3n) is 3.10. The molecule has 0 aliphatic rings. The van der Waals surface area contributed by atoms with Crippen molar-refractivity contribution in [2.45, 2.75) is 20.3 Å². The molecule has 0 saturated heterocycles. The summed E-state index contributed by atoms with van der Waals surface area (Å²) < 4.78 is 5.69. The Morgan fingerprint density at radius 1 is 1.33 bits per heavy atom. The number of aromatic nitrogens is 2. The van der Waals surface area contributed by atoms with Gasteiger partial charge in [-0.15, -0.1) is 0 Å². The van der Waals surface area contributed by atoms with E-state index in [1.165, 1.54) is 6.07 Å². The number of aromatic carboxylic acids is 1. The third kappa shape index (κ3) is 3.92. The zero-order chi connectivity index (χ0) is 15.4. The minimum atomic E-state index is -1.13. The molecule has 1 heterocycles. The van der Waals surface area contributed by atoms with E-state index in [0.717, 1.165) is 16.9 Å². The number of carbonyl (C=O) groups is 1. The molecule has 21 heavy (non-hydrogen) atoms. The Bertz CT molecular complexity index is 674. The average molecular weight is 307 g/mol. The largest absolute Gasteiger partial charge is 0.493 e. The lowest BCUT2D eigenvalue weighted by Gasteiger charge is -2.10. The van der Waals surface area contributed by atoms with E-state index in [4.69, 9.17) is 21.4 Å². The van der Waals surface area contributed by atoms with Gasteiger partial charge in [0.15, 0.2) is 5.69 Å². The molecule has 2 rings (SSSR count). The number of aryl methyl sites for hydroxylation is 1. The van der Waals surface area contributed by atoms with Crippen LogP contribution in [0.3, 0.4) is 0 Å². The molecule has 0 saturated carbocycles. The summed E-state index contributed by atoms with van der Waals surface area (Å²) in [5.74, 6) is 0.0247. The van der Waals surface area contributed by atoms with Gasteiger partial charge in [0.2, 0.25) is 0 Å². The van der Waals surface area contributed by atoms with Crippen LogP contribution in [0.1, 0.15) is 27.4 Å². The number of ether oxygens (including phenoxy) is 1. The molecule has 0 aliphatic carbocycles. The van der Waals surface area contributed by atoms with Crippen LogP contribution in [0.25, 0.3) is 0 Å². The second-order valence-electron chi connectivity index (χ2n) is 4.59. The van der Waals surface area contributed by atoms with Gasteiger partial charge in [0.05, 0.1) is 6.61 Å². The highest BCUT2D eigenvalue weighted by atomic mass is 35.5. The van der Waals surface area contributed by atoms with Gasteiger partial charge in [-0.3, -0.25) is 0 Å². The summed E-state index contributed by atoms with van der Waals surface area (Å²) in [7, 11) is 0. The minimum Gasteiger partial charge on any atom is -0.493 e. The number of nitrogens with zero attached hydrogens (tertiary/aromatic N) is 2. The average Bonchev–Trinajstić information content (AvgIpc) is 2.43. The van der Waals surface area contributed by atoms with Crippen LogP contribution in [0, 0.1) is 13.8 Å². The van der Waals surface area contributed by atoms with Crippen LogP contribution in [-0.4, -0.2) is 27.7 Å². The SMILES string of the molecule is Cc1cccc(OCCc2nc(Cl)cc(C(=O)O)n2)c1C. The van der Waals surface area contributed by atoms with Gasteiger partial charge < -0.3 is 9.84 Å². The van der Waals surface area contributed by atoms with Crippen LogP contribution < -0.4 is 4.74 Å². The second kappa shape index (κ2) is 6.54. The monoisotopic (exact) mass is 306 g/mol. The molecular weight excluding hydrogens is 292 g/mol. The Labute approximate surface area is 127 Å². The molecule has 0 atom stereocenters. The molecule has 0 amide bonds. The number of carboxylic acid groups (broad SMARTS) is 1. The summed E-state index contributed by atoms with van der Waals surface area (Å²) in [5, 5.41) is 9.04. The van der Waals surface area contributed by atoms with E-state index < -0.39 is 5.97 Å². The summed E-state index contributed by atoms with van der Waals surface area (Å²) in [6.07, 6.45) is 0.383. The highest BCUT2D eigenvalue weighted by Gasteiger charge is 2.10. The van der Waals surface area contributed by atoms with Crippen molar-refractivity contribution in [3.8, 4) is 5.75 Å². The minimum absolute atomic E-state index is 0.114. The van der Waals surface area contributed by atoms with Gasteiger partial charge in [0, 0.05) is 12.5 Å². The molecule has 6 heteroatoms. The molecule has 110 valence electrons. The first kappa shape index (κ1) is 15.3. The molecule has 1 aromatic carbocycles. The van der Waals surface area contributed by atoms with Crippen LogP contribution in [-0.2, 0) is 6.42 Å². The number of hydrogen-bond donors (Lipinski definition) is 1. The lowest BCUT2D eigenvalue weighted by molar-refractivity contribution is 0.0689. The normalized spacial score (nSPS) is 10.4. The van der Waals surface area contributed by atoms with E-state index in [0.29, 0.717) is 18.9 Å². The first-order valence-corrected chi connectivity index (χ1v) is 6.81. The number of hydrogen-bond acceptors (Lipinski definition) is 4. The summed E-state index contributed by atoms with van der Waals surface area (Å²) in [4.78, 5) is 18.8. The van der Waals surface area contributed by atoms with Gasteiger partial charge in [0.25, 0.3) is 0 Å². The predicted molar refractivity (Wildman–Crippen MR) is 79.1 cm³/mol. The Balaban J connectivity index is 2.03. The molecule has 1 N–H and O–H groups in total. The van der Waals surface area contributed by atoms with Gasteiger partial charge >= 0.3 is 5.97 Å². The van der Waals surface area contributed by atoms with Gasteiger partial charge in [-0.05, 0) is 31.0 Å². The molecule has 0 fully saturated rings. The first-order chi connectivity index (χ1) is 9.97. The summed E-state index contributed by atoms with van der Waals surface area (Å²) >= 11 is 5.78. The summed E-state index contributed by atoms with van der Waals surface area (Å²) in [6.45, 7) is 4.36. The molecule has 0 unspecified atom stereocenters. The predicted octanol–water partition coefficient (Wildman–Crippen LogP) is 3.07. The number of carboxylic acids is 1. The summed E-state index contributed by atoms with van der Waals surface area (Å²) in [5.41, 5.74) is 2.12. The Morgan fingerprint density at radius 3 is 2.81 bits per heavy atom. The fourth-order valence-electron chi connectivity index (χ4n) is 1.82. The number of halogens is 1. The standard InChI is InChI=1S/C15H15ClN2O3/c1-9-4-3-5-12(10(9)2)21-7-6-14-17-11(15(19)20)8-13(16)18-14/h3-5,8H,6-7H2,1-2H3,(H,19,20). The van der Waals surface area contributed by atoms with Crippen molar-refractivity contribution in [3.63, 3.8) is 0 Å². The topological polar surface area (TPSA) is 72.3 Å². The van der Waals surface area contributed by atoms with Gasteiger partial charge in [-0.25, -0.2) is 14.8 Å². The van der Waals surface area contributed by atoms with Crippen molar-refractivity contribution in [1.29, 1.82) is 0 Å². The molecule has 2 aromatic rings. The van der Waals surface area contributed by atoms with Crippen molar-refractivity contribution in [3.05, 3.63) is 52.1 Å². The van der Waals surface area contributed by atoms with E-state index in [2.05, 4.69) is 9.97 Å². The van der Waals surface area contributed by atoms with Gasteiger partial charge in [-0.1, -0.05) is 23.7 Å². The Hall–Kier alpha value is -2.14. The van der Waals surface area contributed by atoms with Crippen molar-refractivity contribution in [2.75, 3.05) is 6.61 Å². The molecule has 0 spiro atoms. The van der Waals surface area contributed by atoms with Crippen molar-refractivity contribution >= 4 is 17.6 Å². The molecule has 0 bridgehead atoms. The van der Waals surface area contributed by atoms with Crippen LogP contribution in [0.4, 0.5) is 0 Å². The molecular formula is C15H15ClN2O3. The van der Waals surface area contributed by atoms with Crippen LogP contribution in [0.15, 0.2) is 24.3 Å². The Kier molecular flexibility index (Phi) is 4.75. The van der Waals surface area contributed by atoms with Crippen LogP contribution in [0.2, 0.25) is 5.15 Å². The third-order valence-corrected chi connectivity index (χ3v) is 3.29. The van der Waals surface area contributed by atoms with Gasteiger partial charge in [-0.2, -0.15) is 0 Å². The fraction of sp³-hybridized carbons (Fsp3) is 0.267. The highest BCUT2D eigenvalue weighted by molar-refractivity contribution is 6.29. The van der Waals surface area contributed by atoms with Crippen LogP contribution in [0.5, 0.6) is 5.75 Å². The summed E-state index contributed by atoms with van der Waals surface area (Å²) in [6, 6.07) is 7.06.